The van der Waals surface area contributed by atoms with Crippen LogP contribution in [0.5, 0.6) is 0 Å². The van der Waals surface area contributed by atoms with Gasteiger partial charge in [0.2, 0.25) is 0 Å². The Hall–Kier alpha value is -0.580. The zero-order valence-corrected chi connectivity index (χ0v) is 12.6. The lowest BCUT2D eigenvalue weighted by Crippen LogP contribution is -2.55. The second-order valence-corrected chi connectivity index (χ2v) is 6.19. The summed E-state index contributed by atoms with van der Waals surface area (Å²) in [5.41, 5.74) is 2.13. The maximum absolute atomic E-state index is 6.39. The van der Waals surface area contributed by atoms with Crippen molar-refractivity contribution in [1.82, 2.24) is 20.0 Å². The Morgan fingerprint density at radius 2 is 2.11 bits per heavy atom. The van der Waals surface area contributed by atoms with Gasteiger partial charge in [0, 0.05) is 26.2 Å². The molecule has 0 aliphatic carbocycles. The van der Waals surface area contributed by atoms with Gasteiger partial charge in [-0.15, -0.1) is 0 Å². The van der Waals surface area contributed by atoms with Crippen LogP contribution in [0.2, 0.25) is 5.02 Å². The van der Waals surface area contributed by atoms with Gasteiger partial charge in [0.25, 0.3) is 0 Å². The van der Waals surface area contributed by atoms with E-state index in [0.29, 0.717) is 6.04 Å². The summed E-state index contributed by atoms with van der Waals surface area (Å²) in [5, 5.41) is 9.02. The highest BCUT2D eigenvalue weighted by molar-refractivity contribution is 6.31. The van der Waals surface area contributed by atoms with Crippen LogP contribution in [-0.4, -0.2) is 40.4 Å². The molecule has 1 aromatic heterocycles. The molecule has 4 heterocycles. The first-order valence-corrected chi connectivity index (χ1v) is 7.72. The fourth-order valence-electron chi connectivity index (χ4n) is 3.44. The summed E-state index contributed by atoms with van der Waals surface area (Å²) in [6, 6.07) is 0.624. The molecule has 0 aromatic carbocycles. The minimum atomic E-state index is 0.624. The number of nitrogens with zero attached hydrogens (tertiary/aromatic N) is 3. The monoisotopic (exact) mass is 282 g/mol. The first-order chi connectivity index (χ1) is 9.19. The van der Waals surface area contributed by atoms with E-state index in [1.54, 1.807) is 0 Å². The van der Waals surface area contributed by atoms with Crippen molar-refractivity contribution >= 4 is 11.6 Å². The van der Waals surface area contributed by atoms with E-state index in [0.717, 1.165) is 35.3 Å². The second kappa shape index (κ2) is 5.43. The van der Waals surface area contributed by atoms with Gasteiger partial charge in [0.15, 0.2) is 0 Å². The number of aromatic nitrogens is 2. The van der Waals surface area contributed by atoms with Crippen LogP contribution in [0.3, 0.4) is 0 Å². The molecule has 106 valence electrons. The van der Waals surface area contributed by atoms with Crippen molar-refractivity contribution in [3.63, 3.8) is 0 Å². The van der Waals surface area contributed by atoms with Crippen molar-refractivity contribution in [2.75, 3.05) is 19.6 Å². The maximum Gasteiger partial charge on any atom is 0.0863 e. The summed E-state index contributed by atoms with van der Waals surface area (Å²) < 4.78 is 1.93. The van der Waals surface area contributed by atoms with E-state index >= 15 is 0 Å². The van der Waals surface area contributed by atoms with Crippen LogP contribution in [0, 0.1) is 5.92 Å². The fourth-order valence-corrected chi connectivity index (χ4v) is 3.80. The quantitative estimate of drug-likeness (QED) is 0.915. The fraction of sp³-hybridized carbons (Fsp3) is 0.786. The third-order valence-electron chi connectivity index (χ3n) is 4.69. The molecule has 3 aliphatic rings. The van der Waals surface area contributed by atoms with Crippen molar-refractivity contribution in [2.45, 2.75) is 38.8 Å². The summed E-state index contributed by atoms with van der Waals surface area (Å²) in [5.74, 6) is 0.850. The van der Waals surface area contributed by atoms with E-state index in [1.807, 2.05) is 11.7 Å². The largest absolute Gasteiger partial charge is 0.307 e. The van der Waals surface area contributed by atoms with Crippen LogP contribution in [-0.2, 0) is 20.0 Å². The molecular weight excluding hydrogens is 260 g/mol. The minimum absolute atomic E-state index is 0.624. The molecule has 2 bridgehead atoms. The Morgan fingerprint density at radius 1 is 1.37 bits per heavy atom. The normalized spacial score (nSPS) is 29.9. The number of hydrogen-bond donors (Lipinski definition) is 1. The molecule has 4 rings (SSSR count). The van der Waals surface area contributed by atoms with Crippen molar-refractivity contribution < 1.29 is 0 Å². The van der Waals surface area contributed by atoms with Gasteiger partial charge in [-0.25, -0.2) is 0 Å². The summed E-state index contributed by atoms with van der Waals surface area (Å²) in [4.78, 5) is 2.57. The van der Waals surface area contributed by atoms with E-state index < -0.39 is 0 Å². The standard InChI is InChI=1S/C14H23ClN4/c1-3-11-14(15)13(18(2)17-11)8-16-12-9-19-6-4-10(12)5-7-19/h10,12,16H,3-9H2,1-2H3. The van der Waals surface area contributed by atoms with Crippen LogP contribution in [0.25, 0.3) is 0 Å². The maximum atomic E-state index is 6.39. The number of nitrogens with one attached hydrogen (secondary N) is 1. The molecule has 1 N–H and O–H groups in total. The number of piperidine rings is 3. The first-order valence-electron chi connectivity index (χ1n) is 7.35. The van der Waals surface area contributed by atoms with Gasteiger partial charge in [-0.1, -0.05) is 18.5 Å². The first kappa shape index (κ1) is 13.4. The molecule has 3 fully saturated rings. The smallest absolute Gasteiger partial charge is 0.0863 e. The highest BCUT2D eigenvalue weighted by Crippen LogP contribution is 2.28. The Balaban J connectivity index is 1.65. The third kappa shape index (κ3) is 2.54. The lowest BCUT2D eigenvalue weighted by Gasteiger charge is -2.45. The molecule has 3 aliphatic heterocycles. The molecule has 1 atom stereocenters. The van der Waals surface area contributed by atoms with Crippen molar-refractivity contribution in [3.8, 4) is 0 Å². The van der Waals surface area contributed by atoms with Gasteiger partial charge in [0.1, 0.15) is 0 Å². The molecule has 0 saturated carbocycles. The molecule has 0 radical (unpaired) electrons. The van der Waals surface area contributed by atoms with E-state index in [9.17, 15) is 0 Å². The lowest BCUT2D eigenvalue weighted by molar-refractivity contribution is 0.0717. The van der Waals surface area contributed by atoms with E-state index in [2.05, 4.69) is 22.2 Å². The zero-order valence-electron chi connectivity index (χ0n) is 11.8. The third-order valence-corrected chi connectivity index (χ3v) is 5.13. The molecule has 5 heteroatoms. The average molecular weight is 283 g/mol. The number of rotatable bonds is 4. The molecule has 0 amide bonds. The molecular formula is C14H23ClN4. The van der Waals surface area contributed by atoms with Crippen LogP contribution >= 0.6 is 11.6 Å². The number of aryl methyl sites for hydroxylation is 2. The topological polar surface area (TPSA) is 33.1 Å². The van der Waals surface area contributed by atoms with Crippen molar-refractivity contribution in [2.24, 2.45) is 13.0 Å². The molecule has 19 heavy (non-hydrogen) atoms. The number of halogens is 1. The zero-order chi connectivity index (χ0) is 13.4. The molecule has 0 spiro atoms. The van der Waals surface area contributed by atoms with E-state index in [-0.39, 0.29) is 0 Å². The Labute approximate surface area is 120 Å². The molecule has 4 nitrogen and oxygen atoms in total. The minimum Gasteiger partial charge on any atom is -0.307 e. The predicted molar refractivity (Wildman–Crippen MR) is 77.4 cm³/mol. The summed E-state index contributed by atoms with van der Waals surface area (Å²) in [6.45, 7) is 6.70. The van der Waals surface area contributed by atoms with Crippen molar-refractivity contribution in [1.29, 1.82) is 0 Å². The summed E-state index contributed by atoms with van der Waals surface area (Å²) >= 11 is 6.39. The highest BCUT2D eigenvalue weighted by atomic mass is 35.5. The summed E-state index contributed by atoms with van der Waals surface area (Å²) in [6.07, 6.45) is 3.58. The number of fused-ring (bicyclic) bond motifs is 3. The SMILES string of the molecule is CCc1nn(C)c(CNC2CN3CCC2CC3)c1Cl. The lowest BCUT2D eigenvalue weighted by atomic mass is 9.84. The van der Waals surface area contributed by atoms with E-state index in [1.165, 1.54) is 32.5 Å². The van der Waals surface area contributed by atoms with Gasteiger partial charge < -0.3 is 10.2 Å². The van der Waals surface area contributed by atoms with Gasteiger partial charge in [-0.3, -0.25) is 4.68 Å². The van der Waals surface area contributed by atoms with Gasteiger partial charge in [-0.2, -0.15) is 5.10 Å². The van der Waals surface area contributed by atoms with Gasteiger partial charge in [0.05, 0.1) is 16.4 Å². The van der Waals surface area contributed by atoms with Crippen LogP contribution in [0.15, 0.2) is 0 Å². The highest BCUT2D eigenvalue weighted by Gasteiger charge is 2.33. The second-order valence-electron chi connectivity index (χ2n) is 5.81. The van der Waals surface area contributed by atoms with Crippen LogP contribution < -0.4 is 5.32 Å². The Bertz CT molecular complexity index is 449. The Morgan fingerprint density at radius 3 is 2.63 bits per heavy atom. The molecule has 3 saturated heterocycles. The van der Waals surface area contributed by atoms with Crippen molar-refractivity contribution in [3.05, 3.63) is 16.4 Å². The van der Waals surface area contributed by atoms with E-state index in [4.69, 9.17) is 11.6 Å². The predicted octanol–water partition coefficient (Wildman–Crippen LogP) is 1.82. The molecule has 1 unspecified atom stereocenters. The van der Waals surface area contributed by atoms with Crippen LogP contribution in [0.4, 0.5) is 0 Å². The Kier molecular flexibility index (Phi) is 3.83. The average Bonchev–Trinajstić information content (AvgIpc) is 2.72. The summed E-state index contributed by atoms with van der Waals surface area (Å²) in [7, 11) is 1.98. The van der Waals surface area contributed by atoms with Crippen LogP contribution in [0.1, 0.15) is 31.2 Å². The molecule has 1 aromatic rings. The van der Waals surface area contributed by atoms with Gasteiger partial charge >= 0.3 is 0 Å². The number of hydrogen-bond acceptors (Lipinski definition) is 3. The van der Waals surface area contributed by atoms with Gasteiger partial charge in [-0.05, 0) is 38.3 Å².